The molecule has 0 rings (SSSR count). The maximum Gasteiger partial charge on any atom is 0.405 e. The number of halogens is 3. The number of nitrogens with one attached hydrogen (secondary N) is 2. The lowest BCUT2D eigenvalue weighted by atomic mass is 10.1. The Kier molecular flexibility index (Phi) is 7.18. The summed E-state index contributed by atoms with van der Waals surface area (Å²) in [4.78, 5) is 11.2. The Morgan fingerprint density at radius 3 is 2.29 bits per heavy atom. The Morgan fingerprint density at radius 1 is 1.24 bits per heavy atom. The van der Waals surface area contributed by atoms with Gasteiger partial charge in [0.25, 0.3) is 0 Å². The minimum atomic E-state index is -4.35. The number of hydrogen-bond acceptors (Lipinski definition) is 2. The molecule has 0 aliphatic rings. The Bertz CT molecular complexity index is 229. The van der Waals surface area contributed by atoms with Crippen LogP contribution in [0.4, 0.5) is 13.2 Å². The van der Waals surface area contributed by atoms with Gasteiger partial charge in [-0.15, -0.1) is 0 Å². The standard InChI is InChI=1S/C11H21F3N2O/c1-8(2)5-4-6-15-9(3)10(17)16-7-11(12,13)14/h8-9,15H,4-7H2,1-3H3,(H,16,17). The molecule has 1 unspecified atom stereocenters. The molecule has 0 aliphatic heterocycles. The molecule has 0 aromatic heterocycles. The first-order valence-electron chi connectivity index (χ1n) is 5.80. The first-order valence-corrected chi connectivity index (χ1v) is 5.80. The fraction of sp³-hybridized carbons (Fsp3) is 0.909. The van der Waals surface area contributed by atoms with E-state index in [4.69, 9.17) is 0 Å². The van der Waals surface area contributed by atoms with Gasteiger partial charge in [0, 0.05) is 0 Å². The fourth-order valence-corrected chi connectivity index (χ4v) is 1.26. The summed E-state index contributed by atoms with van der Waals surface area (Å²) in [6, 6.07) is -0.593. The molecule has 102 valence electrons. The molecule has 0 aromatic carbocycles. The topological polar surface area (TPSA) is 41.1 Å². The lowest BCUT2D eigenvalue weighted by Gasteiger charge is -2.15. The van der Waals surface area contributed by atoms with Gasteiger partial charge in [0.2, 0.25) is 5.91 Å². The van der Waals surface area contributed by atoms with Crippen molar-refractivity contribution in [1.29, 1.82) is 0 Å². The van der Waals surface area contributed by atoms with Crippen molar-refractivity contribution in [2.75, 3.05) is 13.1 Å². The summed E-state index contributed by atoms with van der Waals surface area (Å²) in [6.07, 6.45) is -2.41. The van der Waals surface area contributed by atoms with Crippen LogP contribution < -0.4 is 10.6 Å². The molecule has 0 aliphatic carbocycles. The van der Waals surface area contributed by atoms with Crippen LogP contribution in [0.25, 0.3) is 0 Å². The summed E-state index contributed by atoms with van der Waals surface area (Å²) >= 11 is 0. The predicted octanol–water partition coefficient (Wildman–Crippen LogP) is 2.08. The molecular weight excluding hydrogens is 233 g/mol. The van der Waals surface area contributed by atoms with Gasteiger partial charge in [-0.05, 0) is 32.2 Å². The summed E-state index contributed by atoms with van der Waals surface area (Å²) in [5.41, 5.74) is 0. The average Bonchev–Trinajstić information content (AvgIpc) is 2.19. The van der Waals surface area contributed by atoms with Crippen LogP contribution in [0.1, 0.15) is 33.6 Å². The van der Waals surface area contributed by atoms with Crippen molar-refractivity contribution in [2.45, 2.75) is 45.8 Å². The molecule has 0 spiro atoms. The largest absolute Gasteiger partial charge is 0.405 e. The van der Waals surface area contributed by atoms with E-state index in [1.165, 1.54) is 0 Å². The summed E-state index contributed by atoms with van der Waals surface area (Å²) in [6.45, 7) is 5.11. The SMILES string of the molecule is CC(C)CCCNC(C)C(=O)NCC(F)(F)F. The maximum absolute atomic E-state index is 11.8. The minimum Gasteiger partial charge on any atom is -0.346 e. The van der Waals surface area contributed by atoms with Gasteiger partial charge >= 0.3 is 6.18 Å². The van der Waals surface area contributed by atoms with E-state index in [9.17, 15) is 18.0 Å². The van der Waals surface area contributed by atoms with Gasteiger partial charge in [0.05, 0.1) is 6.04 Å². The van der Waals surface area contributed by atoms with Gasteiger partial charge in [0.1, 0.15) is 6.54 Å². The van der Waals surface area contributed by atoms with Crippen molar-refractivity contribution in [3.63, 3.8) is 0 Å². The van der Waals surface area contributed by atoms with Crippen molar-refractivity contribution >= 4 is 5.91 Å². The minimum absolute atomic E-state index is 0.589. The van der Waals surface area contributed by atoms with Crippen LogP contribution in [-0.4, -0.2) is 31.2 Å². The van der Waals surface area contributed by atoms with E-state index in [1.807, 2.05) is 5.32 Å². The Morgan fingerprint density at radius 2 is 1.82 bits per heavy atom. The van der Waals surface area contributed by atoms with Crippen molar-refractivity contribution in [1.82, 2.24) is 10.6 Å². The first kappa shape index (κ1) is 16.2. The van der Waals surface area contributed by atoms with Gasteiger partial charge in [0.15, 0.2) is 0 Å². The number of hydrogen-bond donors (Lipinski definition) is 2. The lowest BCUT2D eigenvalue weighted by Crippen LogP contribution is -2.45. The van der Waals surface area contributed by atoms with E-state index in [0.29, 0.717) is 12.5 Å². The number of carbonyl (C=O) groups is 1. The van der Waals surface area contributed by atoms with Crippen molar-refractivity contribution in [3.8, 4) is 0 Å². The predicted molar refractivity (Wildman–Crippen MR) is 60.6 cm³/mol. The third-order valence-corrected chi connectivity index (χ3v) is 2.27. The quantitative estimate of drug-likeness (QED) is 0.683. The second-order valence-corrected chi connectivity index (χ2v) is 4.54. The monoisotopic (exact) mass is 254 g/mol. The summed E-state index contributed by atoms with van der Waals surface area (Å²) in [5.74, 6) is -0.0296. The Balaban J connectivity index is 3.68. The molecule has 2 N–H and O–H groups in total. The highest BCUT2D eigenvalue weighted by molar-refractivity contribution is 5.81. The second kappa shape index (κ2) is 7.53. The molecule has 0 fully saturated rings. The van der Waals surface area contributed by atoms with Crippen molar-refractivity contribution in [2.24, 2.45) is 5.92 Å². The zero-order chi connectivity index (χ0) is 13.5. The van der Waals surface area contributed by atoms with Gasteiger partial charge in [-0.3, -0.25) is 4.79 Å². The number of rotatable bonds is 7. The highest BCUT2D eigenvalue weighted by Gasteiger charge is 2.28. The molecule has 3 nitrogen and oxygen atoms in total. The van der Waals surface area contributed by atoms with Crippen LogP contribution in [0.15, 0.2) is 0 Å². The summed E-state index contributed by atoms with van der Waals surface area (Å²) in [7, 11) is 0. The van der Waals surface area contributed by atoms with Crippen LogP contribution in [0.5, 0.6) is 0 Å². The molecule has 1 atom stereocenters. The smallest absolute Gasteiger partial charge is 0.346 e. The molecule has 0 heterocycles. The molecule has 0 bridgehead atoms. The van der Waals surface area contributed by atoms with Gasteiger partial charge < -0.3 is 10.6 Å². The fourth-order valence-electron chi connectivity index (χ4n) is 1.26. The zero-order valence-electron chi connectivity index (χ0n) is 10.5. The number of alkyl halides is 3. The van der Waals surface area contributed by atoms with E-state index in [1.54, 1.807) is 6.92 Å². The second-order valence-electron chi connectivity index (χ2n) is 4.54. The number of amides is 1. The van der Waals surface area contributed by atoms with Gasteiger partial charge in [-0.2, -0.15) is 13.2 Å². The first-order chi connectivity index (χ1) is 7.72. The molecule has 1 amide bonds. The maximum atomic E-state index is 11.8. The third-order valence-electron chi connectivity index (χ3n) is 2.27. The molecule has 17 heavy (non-hydrogen) atoms. The normalized spacial score (nSPS) is 13.8. The van der Waals surface area contributed by atoms with E-state index in [2.05, 4.69) is 19.2 Å². The molecule has 0 radical (unpaired) electrons. The molecule has 0 saturated carbocycles. The van der Waals surface area contributed by atoms with Crippen molar-refractivity contribution < 1.29 is 18.0 Å². The van der Waals surface area contributed by atoms with Crippen molar-refractivity contribution in [3.05, 3.63) is 0 Å². The van der Waals surface area contributed by atoms with Crippen LogP contribution in [-0.2, 0) is 4.79 Å². The zero-order valence-corrected chi connectivity index (χ0v) is 10.5. The molecule has 6 heteroatoms. The van der Waals surface area contributed by atoms with Crippen LogP contribution >= 0.6 is 0 Å². The van der Waals surface area contributed by atoms with E-state index >= 15 is 0 Å². The van der Waals surface area contributed by atoms with Crippen LogP contribution in [0, 0.1) is 5.92 Å². The summed E-state index contributed by atoms with van der Waals surface area (Å²) < 4.78 is 35.5. The van der Waals surface area contributed by atoms with Crippen LogP contribution in [0.2, 0.25) is 0 Å². The average molecular weight is 254 g/mol. The van der Waals surface area contributed by atoms with Gasteiger partial charge in [-0.25, -0.2) is 0 Å². The molecule has 0 aromatic rings. The molecule has 0 saturated heterocycles. The van der Waals surface area contributed by atoms with E-state index in [0.717, 1.165) is 12.8 Å². The highest BCUT2D eigenvalue weighted by atomic mass is 19.4. The third kappa shape index (κ3) is 10.1. The van der Waals surface area contributed by atoms with E-state index in [-0.39, 0.29) is 0 Å². The van der Waals surface area contributed by atoms with Crippen LogP contribution in [0.3, 0.4) is 0 Å². The molecular formula is C11H21F3N2O. The Hall–Kier alpha value is -0.780. The van der Waals surface area contributed by atoms with E-state index < -0.39 is 24.7 Å². The Labute approximate surface area is 100 Å². The number of carbonyl (C=O) groups excluding carboxylic acids is 1. The lowest BCUT2D eigenvalue weighted by molar-refractivity contribution is -0.139. The summed E-state index contributed by atoms with van der Waals surface area (Å²) in [5, 5.41) is 4.74. The highest BCUT2D eigenvalue weighted by Crippen LogP contribution is 2.12. The van der Waals surface area contributed by atoms with Gasteiger partial charge in [-0.1, -0.05) is 13.8 Å².